The Kier molecular flexibility index (Phi) is 8.42. The maximum Gasteiger partial charge on any atom is 0.308 e. The number of halogens is 1. The molecule has 1 aliphatic rings. The zero-order valence-corrected chi connectivity index (χ0v) is 20.9. The molecule has 2 N–H and O–H groups in total. The first-order valence-electron chi connectivity index (χ1n) is 11.7. The van der Waals surface area contributed by atoms with Crippen molar-refractivity contribution in [2.75, 3.05) is 26.7 Å². The largest absolute Gasteiger partial charge is 0.497 e. The van der Waals surface area contributed by atoms with E-state index in [-0.39, 0.29) is 5.92 Å². The van der Waals surface area contributed by atoms with Gasteiger partial charge in [0.15, 0.2) is 0 Å². The molecule has 0 saturated carbocycles. The van der Waals surface area contributed by atoms with Crippen LogP contribution in [-0.4, -0.2) is 52.8 Å². The van der Waals surface area contributed by atoms with Crippen LogP contribution in [0.1, 0.15) is 42.2 Å². The van der Waals surface area contributed by atoms with E-state index in [2.05, 4.69) is 16.0 Å². The van der Waals surface area contributed by atoms with Crippen LogP contribution in [0.4, 0.5) is 0 Å². The van der Waals surface area contributed by atoms with Crippen molar-refractivity contribution < 1.29 is 19.7 Å². The number of hydrogen-bond acceptors (Lipinski definition) is 6. The van der Waals surface area contributed by atoms with Crippen molar-refractivity contribution in [3.8, 4) is 5.75 Å². The molecular formula is C26H31ClN2O4S. The number of fused-ring (bicyclic) bond motifs is 1. The number of ether oxygens (including phenoxy) is 1. The number of aliphatic hydroxyl groups is 1. The summed E-state index contributed by atoms with van der Waals surface area (Å²) >= 11 is 7.62. The summed E-state index contributed by atoms with van der Waals surface area (Å²) in [5, 5.41) is 21.7. The highest BCUT2D eigenvalue weighted by atomic mass is 35.5. The van der Waals surface area contributed by atoms with Crippen molar-refractivity contribution in [2.45, 2.75) is 38.2 Å². The third kappa shape index (κ3) is 6.08. The standard InChI is InChI=1S/C26H31ClN2O4S/c1-33-18-5-7-23-21(15-18)20(10-12-28-23)24(30)8-4-17-11-14-29(16-22(17)26(31)32)13-2-3-19-6-9-25(27)34-19/h5-7,9-10,12,15,17,22,24,30H,2-4,8,11,13-14,16H2,1H3,(H,31,32)/t17-,22+,24-/m1/s1. The summed E-state index contributed by atoms with van der Waals surface area (Å²) in [6.45, 7) is 2.35. The second-order valence-electron chi connectivity index (χ2n) is 8.98. The predicted octanol–water partition coefficient (Wildman–Crippen LogP) is 5.43. The molecule has 2 aromatic heterocycles. The molecule has 0 radical (unpaired) electrons. The molecule has 1 saturated heterocycles. The Bertz CT molecular complexity index is 1120. The van der Waals surface area contributed by atoms with Gasteiger partial charge in [-0.3, -0.25) is 9.78 Å². The number of carbonyl (C=O) groups is 1. The molecular weight excluding hydrogens is 472 g/mol. The number of carboxylic acids is 1. The van der Waals surface area contributed by atoms with Crippen LogP contribution in [0.15, 0.2) is 42.6 Å². The van der Waals surface area contributed by atoms with Crippen molar-refractivity contribution in [1.82, 2.24) is 9.88 Å². The second kappa shape index (κ2) is 11.5. The number of nitrogens with zero attached hydrogens (tertiary/aromatic N) is 2. The van der Waals surface area contributed by atoms with Crippen molar-refractivity contribution in [2.24, 2.45) is 11.8 Å². The SMILES string of the molecule is COc1ccc2nccc([C@H](O)CC[C@@H]3CCN(CCCc4ccc(Cl)s4)C[C@@H]3C(=O)O)c2c1. The van der Waals surface area contributed by atoms with E-state index < -0.39 is 18.0 Å². The molecule has 1 fully saturated rings. The number of benzene rings is 1. The average Bonchev–Trinajstić information content (AvgIpc) is 3.26. The maximum absolute atomic E-state index is 12.0. The van der Waals surface area contributed by atoms with Crippen LogP contribution in [0.3, 0.4) is 0 Å². The number of aromatic nitrogens is 1. The van der Waals surface area contributed by atoms with E-state index >= 15 is 0 Å². The minimum absolute atomic E-state index is 0.0575. The number of carboxylic acid groups (broad SMARTS) is 1. The van der Waals surface area contributed by atoms with Crippen LogP contribution in [-0.2, 0) is 11.2 Å². The lowest BCUT2D eigenvalue weighted by atomic mass is 9.81. The quantitative estimate of drug-likeness (QED) is 0.385. The molecule has 8 heteroatoms. The maximum atomic E-state index is 12.0. The van der Waals surface area contributed by atoms with Gasteiger partial charge in [0.25, 0.3) is 0 Å². The van der Waals surface area contributed by atoms with E-state index in [0.29, 0.717) is 19.4 Å². The van der Waals surface area contributed by atoms with E-state index in [1.807, 2.05) is 30.3 Å². The first kappa shape index (κ1) is 24.9. The number of aryl methyl sites for hydroxylation is 1. The molecule has 1 aliphatic heterocycles. The molecule has 3 heterocycles. The van der Waals surface area contributed by atoms with Crippen LogP contribution in [0.25, 0.3) is 10.9 Å². The van der Waals surface area contributed by atoms with Gasteiger partial charge in [-0.2, -0.15) is 0 Å². The Morgan fingerprint density at radius 1 is 1.32 bits per heavy atom. The van der Waals surface area contributed by atoms with Gasteiger partial charge >= 0.3 is 5.97 Å². The van der Waals surface area contributed by atoms with Crippen LogP contribution in [0, 0.1) is 11.8 Å². The molecule has 0 unspecified atom stereocenters. The summed E-state index contributed by atoms with van der Waals surface area (Å²) in [5.74, 6) is -0.378. The van der Waals surface area contributed by atoms with E-state index in [1.165, 1.54) is 4.88 Å². The van der Waals surface area contributed by atoms with Gasteiger partial charge in [0.05, 0.1) is 29.0 Å². The van der Waals surface area contributed by atoms with E-state index in [0.717, 1.165) is 58.9 Å². The van der Waals surface area contributed by atoms with Crippen molar-refractivity contribution in [3.63, 3.8) is 0 Å². The Labute approximate surface area is 209 Å². The zero-order valence-electron chi connectivity index (χ0n) is 19.3. The minimum atomic E-state index is -0.742. The van der Waals surface area contributed by atoms with Gasteiger partial charge in [0, 0.05) is 23.0 Å². The molecule has 182 valence electrons. The molecule has 0 bridgehead atoms. The number of aliphatic carboxylic acids is 1. The molecule has 34 heavy (non-hydrogen) atoms. The Morgan fingerprint density at radius 3 is 2.91 bits per heavy atom. The van der Waals surface area contributed by atoms with Crippen LogP contribution < -0.4 is 4.74 Å². The van der Waals surface area contributed by atoms with E-state index in [1.54, 1.807) is 24.6 Å². The predicted molar refractivity (Wildman–Crippen MR) is 136 cm³/mol. The lowest BCUT2D eigenvalue weighted by Crippen LogP contribution is -2.44. The smallest absolute Gasteiger partial charge is 0.308 e. The molecule has 4 rings (SSSR count). The van der Waals surface area contributed by atoms with Crippen LogP contribution in [0.5, 0.6) is 5.75 Å². The van der Waals surface area contributed by atoms with Gasteiger partial charge in [-0.15, -0.1) is 11.3 Å². The lowest BCUT2D eigenvalue weighted by Gasteiger charge is -2.37. The summed E-state index contributed by atoms with van der Waals surface area (Å²) < 4.78 is 6.14. The van der Waals surface area contributed by atoms with Gasteiger partial charge in [-0.1, -0.05) is 11.6 Å². The number of likely N-dealkylation sites (tertiary alicyclic amines) is 1. The third-order valence-corrected chi connectivity index (χ3v) is 8.13. The van der Waals surface area contributed by atoms with Crippen LogP contribution in [0.2, 0.25) is 4.34 Å². The molecule has 6 nitrogen and oxygen atoms in total. The fourth-order valence-corrected chi connectivity index (χ4v) is 6.08. The third-order valence-electron chi connectivity index (χ3n) is 6.84. The van der Waals surface area contributed by atoms with Gasteiger partial charge in [-0.05, 0) is 93.1 Å². The van der Waals surface area contributed by atoms with Gasteiger partial charge in [-0.25, -0.2) is 0 Å². The number of thiophene rings is 1. The number of methoxy groups -OCH3 is 1. The summed E-state index contributed by atoms with van der Waals surface area (Å²) in [6, 6.07) is 11.5. The molecule has 0 spiro atoms. The Hall–Kier alpha value is -2.19. The number of piperidine rings is 1. The summed E-state index contributed by atoms with van der Waals surface area (Å²) in [4.78, 5) is 20.0. The van der Waals surface area contributed by atoms with Crippen molar-refractivity contribution in [3.05, 3.63) is 57.4 Å². The molecule has 3 aromatic rings. The lowest BCUT2D eigenvalue weighted by molar-refractivity contribution is -0.146. The average molecular weight is 503 g/mol. The Balaban J connectivity index is 1.33. The summed E-state index contributed by atoms with van der Waals surface area (Å²) in [5.41, 5.74) is 1.61. The summed E-state index contributed by atoms with van der Waals surface area (Å²) in [6.07, 6.45) is 5.01. The fourth-order valence-electron chi connectivity index (χ4n) is 4.95. The minimum Gasteiger partial charge on any atom is -0.497 e. The molecule has 3 atom stereocenters. The van der Waals surface area contributed by atoms with Crippen molar-refractivity contribution >= 4 is 39.8 Å². The van der Waals surface area contributed by atoms with Crippen molar-refractivity contribution in [1.29, 1.82) is 0 Å². The van der Waals surface area contributed by atoms with Crippen LogP contribution >= 0.6 is 22.9 Å². The molecule has 0 aliphatic carbocycles. The molecule has 1 aromatic carbocycles. The highest BCUT2D eigenvalue weighted by Crippen LogP contribution is 2.34. The Morgan fingerprint density at radius 2 is 2.18 bits per heavy atom. The second-order valence-corrected chi connectivity index (χ2v) is 10.8. The van der Waals surface area contributed by atoms with Gasteiger partial charge in [0.1, 0.15) is 5.75 Å². The number of aliphatic hydroxyl groups excluding tert-OH is 1. The monoisotopic (exact) mass is 502 g/mol. The summed E-state index contributed by atoms with van der Waals surface area (Å²) in [7, 11) is 1.61. The number of hydrogen-bond donors (Lipinski definition) is 2. The number of rotatable bonds is 10. The van der Waals surface area contributed by atoms with Gasteiger partial charge < -0.3 is 19.8 Å². The fraction of sp³-hybridized carbons (Fsp3) is 0.462. The number of pyridine rings is 1. The topological polar surface area (TPSA) is 82.9 Å². The highest BCUT2D eigenvalue weighted by Gasteiger charge is 2.34. The molecule has 0 amide bonds. The van der Waals surface area contributed by atoms with E-state index in [9.17, 15) is 15.0 Å². The van der Waals surface area contributed by atoms with E-state index in [4.69, 9.17) is 16.3 Å². The zero-order chi connectivity index (χ0) is 24.1. The first-order chi connectivity index (χ1) is 16.4. The first-order valence-corrected chi connectivity index (χ1v) is 12.9. The highest BCUT2D eigenvalue weighted by molar-refractivity contribution is 7.16. The normalized spacial score (nSPS) is 19.9. The van der Waals surface area contributed by atoms with Gasteiger partial charge in [0.2, 0.25) is 0 Å².